The maximum Gasteiger partial charge on any atom is 0.106 e. The molecule has 0 saturated heterocycles. The first-order chi connectivity index (χ1) is 8.79. The second kappa shape index (κ2) is 6.12. The minimum atomic E-state index is 0.884. The average Bonchev–Trinajstić information content (AvgIpc) is 2.86. The number of hydrogen-bond donors (Lipinski definition) is 1. The van der Waals surface area contributed by atoms with Crippen LogP contribution in [0.1, 0.15) is 19.5 Å². The summed E-state index contributed by atoms with van der Waals surface area (Å²) in [5.74, 6) is 0. The summed E-state index contributed by atoms with van der Waals surface area (Å²) in [6, 6.07) is 9.90. The van der Waals surface area contributed by atoms with Gasteiger partial charge >= 0.3 is 0 Å². The molecule has 0 atom stereocenters. The van der Waals surface area contributed by atoms with Gasteiger partial charge in [-0.3, -0.25) is 0 Å². The Bertz CT molecular complexity index is 514. The van der Waals surface area contributed by atoms with Crippen LogP contribution in [0, 0.1) is 0 Å². The van der Waals surface area contributed by atoms with E-state index in [-0.39, 0.29) is 0 Å². The van der Waals surface area contributed by atoms with Crippen molar-refractivity contribution in [2.45, 2.75) is 13.8 Å². The van der Waals surface area contributed by atoms with Gasteiger partial charge in [0.1, 0.15) is 5.69 Å². The number of nitrogens with zero attached hydrogens (tertiary/aromatic N) is 3. The Balaban J connectivity index is 2.11. The van der Waals surface area contributed by atoms with Crippen LogP contribution in [0.15, 0.2) is 42.1 Å². The third-order valence-electron chi connectivity index (χ3n) is 2.54. The highest BCUT2D eigenvalue weighted by Crippen LogP contribution is 2.06. The molecule has 4 heteroatoms. The molecule has 0 bridgehead atoms. The first kappa shape index (κ1) is 12.5. The summed E-state index contributed by atoms with van der Waals surface area (Å²) in [5.41, 5.74) is 3.10. The standard InChI is InChI=1S/C14H18N4/c1-3-15-10-12(2)9-13-11-16-18(17-13)14-7-5-4-6-8-14/h4-9,11,15H,3,10H2,1-2H3. The zero-order valence-electron chi connectivity index (χ0n) is 10.8. The lowest BCUT2D eigenvalue weighted by molar-refractivity contribution is 0.749. The molecule has 1 aromatic carbocycles. The van der Waals surface area contributed by atoms with Crippen LogP contribution in [0.2, 0.25) is 0 Å². The summed E-state index contributed by atoms with van der Waals surface area (Å²) in [4.78, 5) is 1.65. The molecule has 2 aromatic rings. The third kappa shape index (κ3) is 3.28. The molecular formula is C14H18N4. The van der Waals surface area contributed by atoms with Gasteiger partial charge in [0.15, 0.2) is 0 Å². The monoisotopic (exact) mass is 242 g/mol. The van der Waals surface area contributed by atoms with E-state index in [1.807, 2.05) is 30.3 Å². The van der Waals surface area contributed by atoms with E-state index in [1.54, 1.807) is 11.0 Å². The highest BCUT2D eigenvalue weighted by Gasteiger charge is 2.00. The molecule has 0 saturated carbocycles. The molecule has 0 radical (unpaired) electrons. The van der Waals surface area contributed by atoms with E-state index in [9.17, 15) is 0 Å². The number of nitrogens with one attached hydrogen (secondary N) is 1. The minimum absolute atomic E-state index is 0.884. The first-order valence-corrected chi connectivity index (χ1v) is 6.15. The second-order valence-corrected chi connectivity index (χ2v) is 4.17. The second-order valence-electron chi connectivity index (χ2n) is 4.17. The zero-order valence-corrected chi connectivity index (χ0v) is 10.8. The van der Waals surface area contributed by atoms with E-state index in [0.717, 1.165) is 24.5 Å². The Morgan fingerprint density at radius 3 is 2.83 bits per heavy atom. The summed E-state index contributed by atoms with van der Waals surface area (Å²) in [5, 5.41) is 12.0. The molecule has 0 fully saturated rings. The molecule has 0 aliphatic rings. The molecule has 1 N–H and O–H groups in total. The van der Waals surface area contributed by atoms with E-state index < -0.39 is 0 Å². The summed E-state index contributed by atoms with van der Waals surface area (Å²) in [6.45, 7) is 6.04. The first-order valence-electron chi connectivity index (χ1n) is 6.15. The Labute approximate surface area is 107 Å². The van der Waals surface area contributed by atoms with Crippen molar-refractivity contribution in [2.24, 2.45) is 0 Å². The third-order valence-corrected chi connectivity index (χ3v) is 2.54. The molecule has 94 valence electrons. The summed E-state index contributed by atoms with van der Waals surface area (Å²) in [7, 11) is 0. The number of likely N-dealkylation sites (N-methyl/N-ethyl adjacent to an activating group) is 1. The smallest absolute Gasteiger partial charge is 0.106 e. The molecule has 2 rings (SSSR count). The van der Waals surface area contributed by atoms with Gasteiger partial charge in [-0.25, -0.2) is 0 Å². The summed E-state index contributed by atoms with van der Waals surface area (Å²) in [6.07, 6.45) is 3.83. The Morgan fingerprint density at radius 1 is 1.33 bits per heavy atom. The molecule has 0 aliphatic heterocycles. The van der Waals surface area contributed by atoms with E-state index in [0.29, 0.717) is 0 Å². The van der Waals surface area contributed by atoms with Crippen molar-refractivity contribution in [3.05, 3.63) is 47.8 Å². The predicted octanol–water partition coefficient (Wildman–Crippen LogP) is 2.28. The van der Waals surface area contributed by atoms with E-state index in [2.05, 4.69) is 35.4 Å². The number of benzene rings is 1. The van der Waals surface area contributed by atoms with Crippen molar-refractivity contribution in [2.75, 3.05) is 13.1 Å². The fourth-order valence-corrected chi connectivity index (χ4v) is 1.65. The minimum Gasteiger partial charge on any atom is -0.313 e. The molecule has 4 nitrogen and oxygen atoms in total. The SMILES string of the molecule is CCNCC(C)=Cc1cnn(-c2ccccc2)n1. The molecule has 18 heavy (non-hydrogen) atoms. The van der Waals surface area contributed by atoms with Crippen molar-refractivity contribution in [1.82, 2.24) is 20.3 Å². The molecule has 1 heterocycles. The number of rotatable bonds is 5. The highest BCUT2D eigenvalue weighted by atomic mass is 15.5. The normalized spacial score (nSPS) is 11.8. The van der Waals surface area contributed by atoms with Crippen LogP contribution < -0.4 is 5.32 Å². The van der Waals surface area contributed by atoms with Crippen LogP contribution >= 0.6 is 0 Å². The maximum absolute atomic E-state index is 4.43. The predicted molar refractivity (Wildman–Crippen MR) is 73.6 cm³/mol. The molecule has 0 amide bonds. The van der Waals surface area contributed by atoms with Gasteiger partial charge in [0, 0.05) is 6.54 Å². The Kier molecular flexibility index (Phi) is 4.25. The van der Waals surface area contributed by atoms with Crippen molar-refractivity contribution < 1.29 is 0 Å². The summed E-state index contributed by atoms with van der Waals surface area (Å²) >= 11 is 0. The van der Waals surface area contributed by atoms with Gasteiger partial charge in [0.05, 0.1) is 11.9 Å². The van der Waals surface area contributed by atoms with Crippen LogP contribution in [-0.2, 0) is 0 Å². The summed E-state index contributed by atoms with van der Waals surface area (Å²) < 4.78 is 0. The molecule has 0 aliphatic carbocycles. The van der Waals surface area contributed by atoms with Gasteiger partial charge in [0.2, 0.25) is 0 Å². The average molecular weight is 242 g/mol. The maximum atomic E-state index is 4.43. The van der Waals surface area contributed by atoms with Crippen LogP contribution in [0.25, 0.3) is 11.8 Å². The Morgan fingerprint density at radius 2 is 2.11 bits per heavy atom. The van der Waals surface area contributed by atoms with E-state index in [4.69, 9.17) is 0 Å². The van der Waals surface area contributed by atoms with Crippen molar-refractivity contribution >= 4 is 6.08 Å². The van der Waals surface area contributed by atoms with Gasteiger partial charge in [-0.1, -0.05) is 30.7 Å². The fraction of sp³-hybridized carbons (Fsp3) is 0.286. The van der Waals surface area contributed by atoms with Crippen molar-refractivity contribution in [1.29, 1.82) is 0 Å². The van der Waals surface area contributed by atoms with Crippen molar-refractivity contribution in [3.63, 3.8) is 0 Å². The lowest BCUT2D eigenvalue weighted by Crippen LogP contribution is -2.14. The highest BCUT2D eigenvalue weighted by molar-refractivity contribution is 5.47. The van der Waals surface area contributed by atoms with Crippen LogP contribution in [0.5, 0.6) is 0 Å². The number of hydrogen-bond acceptors (Lipinski definition) is 3. The van der Waals surface area contributed by atoms with Crippen LogP contribution in [-0.4, -0.2) is 28.1 Å². The van der Waals surface area contributed by atoms with E-state index >= 15 is 0 Å². The topological polar surface area (TPSA) is 42.7 Å². The number of para-hydroxylation sites is 1. The quantitative estimate of drug-likeness (QED) is 0.874. The van der Waals surface area contributed by atoms with Crippen LogP contribution in [0.3, 0.4) is 0 Å². The number of aromatic nitrogens is 3. The fourth-order valence-electron chi connectivity index (χ4n) is 1.65. The van der Waals surface area contributed by atoms with Gasteiger partial charge < -0.3 is 5.32 Å². The molecule has 0 spiro atoms. The molecule has 0 unspecified atom stereocenters. The van der Waals surface area contributed by atoms with Gasteiger partial charge in [-0.2, -0.15) is 9.90 Å². The van der Waals surface area contributed by atoms with E-state index in [1.165, 1.54) is 5.57 Å². The zero-order chi connectivity index (χ0) is 12.8. The van der Waals surface area contributed by atoms with Gasteiger partial charge in [-0.05, 0) is 31.7 Å². The van der Waals surface area contributed by atoms with Gasteiger partial charge in [-0.15, -0.1) is 5.10 Å². The lowest BCUT2D eigenvalue weighted by atomic mass is 10.2. The van der Waals surface area contributed by atoms with Gasteiger partial charge in [0.25, 0.3) is 0 Å². The Hall–Kier alpha value is -1.94. The van der Waals surface area contributed by atoms with Crippen LogP contribution in [0.4, 0.5) is 0 Å². The lowest BCUT2D eigenvalue weighted by Gasteiger charge is -2.00. The van der Waals surface area contributed by atoms with Crippen molar-refractivity contribution in [3.8, 4) is 5.69 Å². The molecule has 1 aromatic heterocycles. The molecular weight excluding hydrogens is 224 g/mol. The largest absolute Gasteiger partial charge is 0.313 e.